The van der Waals surface area contributed by atoms with Gasteiger partial charge < -0.3 is 9.73 Å². The Kier molecular flexibility index (Phi) is 2.60. The zero-order valence-corrected chi connectivity index (χ0v) is 10.3. The van der Waals surface area contributed by atoms with Crippen molar-refractivity contribution in [1.82, 2.24) is 20.1 Å². The van der Waals surface area contributed by atoms with Crippen LogP contribution < -0.4 is 5.32 Å². The smallest absolute Gasteiger partial charge is 0.208 e. The summed E-state index contributed by atoms with van der Waals surface area (Å²) in [6.45, 7) is 0.616. The van der Waals surface area contributed by atoms with Gasteiger partial charge in [-0.1, -0.05) is 18.2 Å². The molecule has 0 aliphatic heterocycles. The van der Waals surface area contributed by atoms with Gasteiger partial charge in [-0.2, -0.15) is 5.10 Å². The average Bonchev–Trinajstić information content (AvgIpc) is 2.96. The number of para-hydroxylation sites is 1. The third-order valence-electron chi connectivity index (χ3n) is 2.87. The fourth-order valence-corrected chi connectivity index (χ4v) is 2.05. The molecular weight excluding hydrogens is 228 g/mol. The molecule has 0 aliphatic carbocycles. The topological polar surface area (TPSA) is 55.9 Å². The molecule has 2 heterocycles. The highest BCUT2D eigenvalue weighted by Crippen LogP contribution is 2.27. The van der Waals surface area contributed by atoms with Gasteiger partial charge in [-0.3, -0.25) is 4.68 Å². The fraction of sp³-hybridized carbons (Fsp3) is 0.231. The van der Waals surface area contributed by atoms with E-state index in [1.54, 1.807) is 6.20 Å². The van der Waals surface area contributed by atoms with E-state index in [2.05, 4.69) is 15.4 Å². The van der Waals surface area contributed by atoms with E-state index in [0.29, 0.717) is 18.2 Å². The van der Waals surface area contributed by atoms with Crippen molar-refractivity contribution < 1.29 is 4.42 Å². The number of hydrogen-bond acceptors (Lipinski definition) is 4. The van der Waals surface area contributed by atoms with Gasteiger partial charge >= 0.3 is 0 Å². The molecule has 1 N–H and O–H groups in total. The fourth-order valence-electron chi connectivity index (χ4n) is 2.05. The minimum absolute atomic E-state index is 0.616. The van der Waals surface area contributed by atoms with E-state index in [-0.39, 0.29) is 0 Å². The van der Waals surface area contributed by atoms with Crippen molar-refractivity contribution >= 4 is 10.9 Å². The van der Waals surface area contributed by atoms with E-state index in [4.69, 9.17) is 4.42 Å². The van der Waals surface area contributed by atoms with Crippen LogP contribution in [0.3, 0.4) is 0 Å². The Hall–Kier alpha value is -2.14. The van der Waals surface area contributed by atoms with Crippen LogP contribution in [0, 0.1) is 0 Å². The van der Waals surface area contributed by atoms with Crippen LogP contribution in [0.5, 0.6) is 0 Å². The van der Waals surface area contributed by atoms with Gasteiger partial charge in [0.05, 0.1) is 18.3 Å². The van der Waals surface area contributed by atoms with E-state index in [1.165, 1.54) is 0 Å². The lowest BCUT2D eigenvalue weighted by Crippen LogP contribution is -2.04. The van der Waals surface area contributed by atoms with E-state index in [1.807, 2.05) is 43.0 Å². The molecule has 0 fully saturated rings. The first-order valence-corrected chi connectivity index (χ1v) is 5.81. The normalized spacial score (nSPS) is 11.2. The average molecular weight is 242 g/mol. The molecule has 2 aromatic heterocycles. The standard InChI is InChI=1S/C13H14N4O/c1-14-8-12-15-7-11(18-12)13-9-5-3-4-6-10(9)17(2)16-13/h3-7,14H,8H2,1-2H3. The van der Waals surface area contributed by atoms with Crippen LogP contribution in [-0.4, -0.2) is 21.8 Å². The van der Waals surface area contributed by atoms with Crippen LogP contribution >= 0.6 is 0 Å². The van der Waals surface area contributed by atoms with Crippen molar-refractivity contribution in [3.8, 4) is 11.5 Å². The molecule has 0 saturated heterocycles. The molecule has 0 atom stereocenters. The summed E-state index contributed by atoms with van der Waals surface area (Å²) in [6, 6.07) is 8.08. The summed E-state index contributed by atoms with van der Waals surface area (Å²) in [4.78, 5) is 4.22. The van der Waals surface area contributed by atoms with Crippen molar-refractivity contribution in [1.29, 1.82) is 0 Å². The molecule has 3 aromatic rings. The molecule has 0 aliphatic rings. The summed E-state index contributed by atoms with van der Waals surface area (Å²) in [5, 5.41) is 8.58. The lowest BCUT2D eigenvalue weighted by atomic mass is 10.2. The number of nitrogens with zero attached hydrogens (tertiary/aromatic N) is 3. The van der Waals surface area contributed by atoms with Gasteiger partial charge in [0, 0.05) is 12.4 Å². The Bertz CT molecular complexity index is 683. The summed E-state index contributed by atoms with van der Waals surface area (Å²) in [6.07, 6.45) is 1.72. The molecule has 0 bridgehead atoms. The Balaban J connectivity index is 2.13. The maximum atomic E-state index is 5.68. The molecule has 0 unspecified atom stereocenters. The van der Waals surface area contributed by atoms with Gasteiger partial charge in [-0.05, 0) is 13.1 Å². The molecule has 18 heavy (non-hydrogen) atoms. The van der Waals surface area contributed by atoms with Crippen LogP contribution in [-0.2, 0) is 13.6 Å². The predicted octanol–water partition coefficient (Wildman–Crippen LogP) is 1.95. The first-order valence-electron chi connectivity index (χ1n) is 5.81. The molecule has 0 radical (unpaired) electrons. The van der Waals surface area contributed by atoms with Crippen LogP contribution in [0.25, 0.3) is 22.4 Å². The first-order chi connectivity index (χ1) is 8.79. The summed E-state index contributed by atoms with van der Waals surface area (Å²) in [5.74, 6) is 1.37. The minimum Gasteiger partial charge on any atom is -0.438 e. The lowest BCUT2D eigenvalue weighted by Gasteiger charge is -1.92. The van der Waals surface area contributed by atoms with E-state index in [0.717, 1.165) is 16.6 Å². The Labute approximate surface area is 104 Å². The Morgan fingerprint density at radius 3 is 3.00 bits per heavy atom. The van der Waals surface area contributed by atoms with E-state index < -0.39 is 0 Å². The molecule has 0 saturated carbocycles. The van der Waals surface area contributed by atoms with Crippen LogP contribution in [0.1, 0.15) is 5.89 Å². The van der Waals surface area contributed by atoms with E-state index in [9.17, 15) is 0 Å². The SMILES string of the molecule is CNCc1ncc(-c2nn(C)c3ccccc23)o1. The summed E-state index contributed by atoms with van der Waals surface area (Å²) in [5.41, 5.74) is 1.92. The number of rotatable bonds is 3. The molecule has 3 rings (SSSR count). The van der Waals surface area contributed by atoms with Crippen LogP contribution in [0.2, 0.25) is 0 Å². The van der Waals surface area contributed by atoms with Gasteiger partial charge in [0.15, 0.2) is 5.76 Å². The zero-order valence-electron chi connectivity index (χ0n) is 10.3. The van der Waals surface area contributed by atoms with Crippen molar-refractivity contribution in [2.75, 3.05) is 7.05 Å². The number of benzene rings is 1. The number of nitrogens with one attached hydrogen (secondary N) is 1. The quantitative estimate of drug-likeness (QED) is 0.762. The maximum absolute atomic E-state index is 5.68. The van der Waals surface area contributed by atoms with Gasteiger partial charge in [0.25, 0.3) is 0 Å². The predicted molar refractivity (Wildman–Crippen MR) is 69.0 cm³/mol. The van der Waals surface area contributed by atoms with Gasteiger partial charge in [0.2, 0.25) is 5.89 Å². The molecule has 0 spiro atoms. The zero-order chi connectivity index (χ0) is 12.5. The molecule has 1 aromatic carbocycles. The van der Waals surface area contributed by atoms with Crippen molar-refractivity contribution in [3.05, 3.63) is 36.4 Å². The number of fused-ring (bicyclic) bond motifs is 1. The van der Waals surface area contributed by atoms with Gasteiger partial charge in [0.1, 0.15) is 5.69 Å². The number of aryl methyl sites for hydroxylation is 1. The second-order valence-electron chi connectivity index (χ2n) is 4.14. The van der Waals surface area contributed by atoms with Crippen molar-refractivity contribution in [2.24, 2.45) is 7.05 Å². The first kappa shape index (κ1) is 11.0. The largest absolute Gasteiger partial charge is 0.438 e. The number of aromatic nitrogens is 3. The maximum Gasteiger partial charge on any atom is 0.208 e. The molecule has 0 amide bonds. The lowest BCUT2D eigenvalue weighted by molar-refractivity contribution is 0.489. The van der Waals surface area contributed by atoms with Crippen molar-refractivity contribution in [3.63, 3.8) is 0 Å². The highest BCUT2D eigenvalue weighted by molar-refractivity contribution is 5.91. The molecule has 5 heteroatoms. The number of hydrogen-bond donors (Lipinski definition) is 1. The van der Waals surface area contributed by atoms with Crippen molar-refractivity contribution in [2.45, 2.75) is 6.54 Å². The van der Waals surface area contributed by atoms with Crippen LogP contribution in [0.15, 0.2) is 34.9 Å². The van der Waals surface area contributed by atoms with Gasteiger partial charge in [-0.15, -0.1) is 0 Å². The monoisotopic (exact) mass is 242 g/mol. The molecule has 5 nitrogen and oxygen atoms in total. The molecular formula is C13H14N4O. The van der Waals surface area contributed by atoms with Gasteiger partial charge in [-0.25, -0.2) is 4.98 Å². The Morgan fingerprint density at radius 2 is 2.17 bits per heavy atom. The third kappa shape index (κ3) is 1.69. The summed E-state index contributed by atoms with van der Waals surface area (Å²) < 4.78 is 7.53. The second kappa shape index (κ2) is 4.27. The minimum atomic E-state index is 0.616. The van der Waals surface area contributed by atoms with Crippen LogP contribution in [0.4, 0.5) is 0 Å². The number of oxazole rings is 1. The highest BCUT2D eigenvalue weighted by Gasteiger charge is 2.14. The third-order valence-corrected chi connectivity index (χ3v) is 2.87. The Morgan fingerprint density at radius 1 is 1.33 bits per heavy atom. The van der Waals surface area contributed by atoms with E-state index >= 15 is 0 Å². The summed E-state index contributed by atoms with van der Waals surface area (Å²) >= 11 is 0. The second-order valence-corrected chi connectivity index (χ2v) is 4.14. The highest BCUT2D eigenvalue weighted by atomic mass is 16.4. The molecule has 92 valence electrons. The summed E-state index contributed by atoms with van der Waals surface area (Å²) in [7, 11) is 3.79.